The molecule has 100 valence electrons. The summed E-state index contributed by atoms with van der Waals surface area (Å²) in [6.45, 7) is 8.00. The van der Waals surface area contributed by atoms with Crippen LogP contribution in [0.2, 0.25) is 0 Å². The van der Waals surface area contributed by atoms with E-state index in [0.29, 0.717) is 17.9 Å². The first-order chi connectivity index (χ1) is 8.40. The van der Waals surface area contributed by atoms with Crippen LogP contribution in [0.4, 0.5) is 0 Å². The Balaban J connectivity index is 2.64. The van der Waals surface area contributed by atoms with Gasteiger partial charge in [-0.2, -0.15) is 0 Å². The van der Waals surface area contributed by atoms with Crippen molar-refractivity contribution < 1.29 is 9.53 Å². The number of ketones is 1. The molecule has 1 unspecified atom stereocenters. The molecule has 1 atom stereocenters. The molecule has 1 rings (SSSR count). The lowest BCUT2D eigenvalue weighted by atomic mass is 9.96. The Kier molecular flexibility index (Phi) is 5.35. The molecule has 2 N–H and O–H groups in total. The van der Waals surface area contributed by atoms with Crippen LogP contribution in [0, 0.1) is 5.92 Å². The smallest absolute Gasteiger partial charge is 0.164 e. The first kappa shape index (κ1) is 14.7. The second kappa shape index (κ2) is 6.55. The average Bonchev–Trinajstić information content (AvgIpc) is 2.28. The van der Waals surface area contributed by atoms with Crippen LogP contribution in [0.3, 0.4) is 0 Å². The van der Waals surface area contributed by atoms with Gasteiger partial charge < -0.3 is 10.5 Å². The quantitative estimate of drug-likeness (QED) is 0.788. The summed E-state index contributed by atoms with van der Waals surface area (Å²) in [5.41, 5.74) is 6.60. The van der Waals surface area contributed by atoms with Gasteiger partial charge in [0.1, 0.15) is 5.75 Å². The monoisotopic (exact) mass is 249 g/mol. The number of carbonyl (C=O) groups excluding carboxylic acids is 1. The fraction of sp³-hybridized carbons (Fsp3) is 0.533. The van der Waals surface area contributed by atoms with E-state index < -0.39 is 0 Å². The molecule has 0 aliphatic heterocycles. The normalized spacial score (nSPS) is 12.8. The van der Waals surface area contributed by atoms with Crippen LogP contribution >= 0.6 is 0 Å². The third-order valence-corrected chi connectivity index (χ3v) is 2.83. The van der Waals surface area contributed by atoms with Gasteiger partial charge >= 0.3 is 0 Å². The molecule has 0 heterocycles. The van der Waals surface area contributed by atoms with Gasteiger partial charge in [0.15, 0.2) is 5.78 Å². The maximum absolute atomic E-state index is 12.0. The van der Waals surface area contributed by atoms with Gasteiger partial charge in [0.05, 0.1) is 6.10 Å². The van der Waals surface area contributed by atoms with E-state index in [1.807, 2.05) is 39.8 Å². The highest BCUT2D eigenvalue weighted by Gasteiger charge is 2.14. The molecule has 3 heteroatoms. The van der Waals surface area contributed by atoms with E-state index in [2.05, 4.69) is 0 Å². The number of nitrogens with two attached hydrogens (primary N) is 1. The third kappa shape index (κ3) is 4.49. The summed E-state index contributed by atoms with van der Waals surface area (Å²) >= 11 is 0. The third-order valence-electron chi connectivity index (χ3n) is 2.83. The predicted octanol–water partition coefficient (Wildman–Crippen LogP) is 3.03. The van der Waals surface area contributed by atoms with Crippen molar-refractivity contribution in [3.8, 4) is 5.75 Å². The lowest BCUT2D eigenvalue weighted by molar-refractivity contribution is 0.0967. The molecular formula is C15H23NO2. The lowest BCUT2D eigenvalue weighted by Gasteiger charge is -2.14. The molecule has 0 fully saturated rings. The van der Waals surface area contributed by atoms with Crippen molar-refractivity contribution in [2.75, 3.05) is 0 Å². The van der Waals surface area contributed by atoms with Gasteiger partial charge in [0, 0.05) is 18.0 Å². The molecule has 3 nitrogen and oxygen atoms in total. The van der Waals surface area contributed by atoms with Gasteiger partial charge in [0.2, 0.25) is 0 Å². The SMILES string of the molecule is CC(C)Oc1ccc(C(=O)CC(N)C(C)C)cc1. The van der Waals surface area contributed by atoms with Crippen molar-refractivity contribution in [3.63, 3.8) is 0 Å². The summed E-state index contributed by atoms with van der Waals surface area (Å²) in [4.78, 5) is 12.0. The fourth-order valence-electron chi connectivity index (χ4n) is 1.56. The van der Waals surface area contributed by atoms with Gasteiger partial charge in [-0.1, -0.05) is 13.8 Å². The Hall–Kier alpha value is -1.35. The van der Waals surface area contributed by atoms with E-state index in [-0.39, 0.29) is 17.9 Å². The van der Waals surface area contributed by atoms with Crippen molar-refractivity contribution in [1.29, 1.82) is 0 Å². The minimum Gasteiger partial charge on any atom is -0.491 e. The van der Waals surface area contributed by atoms with Crippen LogP contribution in [-0.4, -0.2) is 17.9 Å². The summed E-state index contributed by atoms with van der Waals surface area (Å²) in [5, 5.41) is 0. The molecule has 0 spiro atoms. The number of Topliss-reactive ketones (excluding diaryl/α,β-unsaturated/α-hetero) is 1. The van der Waals surface area contributed by atoms with Crippen LogP contribution in [0.5, 0.6) is 5.75 Å². The van der Waals surface area contributed by atoms with Crippen LogP contribution in [0.25, 0.3) is 0 Å². The molecule has 1 aromatic rings. The lowest BCUT2D eigenvalue weighted by Crippen LogP contribution is -2.29. The summed E-state index contributed by atoms with van der Waals surface area (Å²) in [5.74, 6) is 1.19. The second-order valence-corrected chi connectivity index (χ2v) is 5.23. The molecule has 0 bridgehead atoms. The van der Waals surface area contributed by atoms with Crippen molar-refractivity contribution in [3.05, 3.63) is 29.8 Å². The first-order valence-corrected chi connectivity index (χ1v) is 6.45. The number of hydrogen-bond acceptors (Lipinski definition) is 3. The van der Waals surface area contributed by atoms with Crippen molar-refractivity contribution >= 4 is 5.78 Å². The number of ether oxygens (including phenoxy) is 1. The topological polar surface area (TPSA) is 52.3 Å². The Morgan fingerprint density at radius 2 is 1.72 bits per heavy atom. The molecule has 0 saturated heterocycles. The molecule has 0 aliphatic carbocycles. The predicted molar refractivity (Wildman–Crippen MR) is 74.0 cm³/mol. The Labute approximate surface area is 109 Å². The number of rotatable bonds is 6. The molecular weight excluding hydrogens is 226 g/mol. The summed E-state index contributed by atoms with van der Waals surface area (Å²) < 4.78 is 5.53. The van der Waals surface area contributed by atoms with Crippen molar-refractivity contribution in [2.45, 2.75) is 46.3 Å². The Morgan fingerprint density at radius 1 is 1.17 bits per heavy atom. The standard InChI is InChI=1S/C15H23NO2/c1-10(2)14(16)9-15(17)12-5-7-13(8-6-12)18-11(3)4/h5-8,10-11,14H,9,16H2,1-4H3. The largest absolute Gasteiger partial charge is 0.491 e. The maximum Gasteiger partial charge on any atom is 0.164 e. The van der Waals surface area contributed by atoms with Gasteiger partial charge in [-0.3, -0.25) is 4.79 Å². The van der Waals surface area contributed by atoms with E-state index in [9.17, 15) is 4.79 Å². The maximum atomic E-state index is 12.0. The zero-order valence-corrected chi connectivity index (χ0v) is 11.6. The van der Waals surface area contributed by atoms with Gasteiger partial charge in [0.25, 0.3) is 0 Å². The molecule has 0 saturated carbocycles. The Morgan fingerprint density at radius 3 is 2.17 bits per heavy atom. The van der Waals surface area contributed by atoms with Crippen LogP contribution in [-0.2, 0) is 0 Å². The minimum atomic E-state index is -0.0795. The first-order valence-electron chi connectivity index (χ1n) is 6.45. The molecule has 18 heavy (non-hydrogen) atoms. The number of carbonyl (C=O) groups is 1. The zero-order chi connectivity index (χ0) is 13.7. The van der Waals surface area contributed by atoms with E-state index in [4.69, 9.17) is 10.5 Å². The fourth-order valence-corrected chi connectivity index (χ4v) is 1.56. The molecule has 0 aromatic heterocycles. The van der Waals surface area contributed by atoms with E-state index in [1.54, 1.807) is 12.1 Å². The van der Waals surface area contributed by atoms with Crippen molar-refractivity contribution in [1.82, 2.24) is 0 Å². The molecule has 0 radical (unpaired) electrons. The molecule has 0 aliphatic rings. The second-order valence-electron chi connectivity index (χ2n) is 5.23. The summed E-state index contributed by atoms with van der Waals surface area (Å²) in [7, 11) is 0. The molecule has 0 amide bonds. The van der Waals surface area contributed by atoms with E-state index in [1.165, 1.54) is 0 Å². The van der Waals surface area contributed by atoms with Crippen molar-refractivity contribution in [2.24, 2.45) is 11.7 Å². The average molecular weight is 249 g/mol. The van der Waals surface area contributed by atoms with Gasteiger partial charge in [-0.25, -0.2) is 0 Å². The summed E-state index contributed by atoms with van der Waals surface area (Å²) in [6, 6.07) is 7.17. The van der Waals surface area contributed by atoms with E-state index >= 15 is 0 Å². The van der Waals surface area contributed by atoms with Crippen LogP contribution < -0.4 is 10.5 Å². The Bertz CT molecular complexity index is 382. The van der Waals surface area contributed by atoms with Gasteiger partial charge in [-0.15, -0.1) is 0 Å². The highest BCUT2D eigenvalue weighted by molar-refractivity contribution is 5.96. The minimum absolute atomic E-state index is 0.0795. The van der Waals surface area contributed by atoms with Crippen LogP contribution in [0.15, 0.2) is 24.3 Å². The van der Waals surface area contributed by atoms with Gasteiger partial charge in [-0.05, 0) is 44.0 Å². The molecule has 1 aromatic carbocycles. The van der Waals surface area contributed by atoms with E-state index in [0.717, 1.165) is 5.75 Å². The highest BCUT2D eigenvalue weighted by atomic mass is 16.5. The zero-order valence-electron chi connectivity index (χ0n) is 11.6. The summed E-state index contributed by atoms with van der Waals surface area (Å²) in [6.07, 6.45) is 0.531. The number of benzene rings is 1. The highest BCUT2D eigenvalue weighted by Crippen LogP contribution is 2.16. The number of hydrogen-bond donors (Lipinski definition) is 1. The van der Waals surface area contributed by atoms with Crippen LogP contribution in [0.1, 0.15) is 44.5 Å².